The average molecular weight is 279 g/mol. The quantitative estimate of drug-likeness (QED) is 0.901. The number of nitrogens with one attached hydrogen (secondary N) is 1. The van der Waals surface area contributed by atoms with Gasteiger partial charge in [-0.05, 0) is 58.6 Å². The number of fused-ring (bicyclic) bond motifs is 1. The molecule has 0 spiro atoms. The second-order valence-corrected chi connectivity index (χ2v) is 4.77. The molecule has 84 valence electrons. The number of anilines is 1. The van der Waals surface area contributed by atoms with E-state index in [1.54, 1.807) is 0 Å². The van der Waals surface area contributed by atoms with E-state index >= 15 is 0 Å². The van der Waals surface area contributed by atoms with E-state index in [1.807, 2.05) is 7.05 Å². The summed E-state index contributed by atoms with van der Waals surface area (Å²) in [6, 6.07) is 6.48. The Morgan fingerprint density at radius 1 is 1.31 bits per heavy atom. The number of hydrogen-bond donors (Lipinski definition) is 1. The molecule has 0 aliphatic rings. The molecule has 0 radical (unpaired) electrons. The molecule has 0 amide bonds. The smallest absolute Gasteiger partial charge is 0.129 e. The summed E-state index contributed by atoms with van der Waals surface area (Å²) in [5, 5.41) is 4.35. The molecule has 2 nitrogen and oxygen atoms in total. The van der Waals surface area contributed by atoms with E-state index in [0.717, 1.165) is 22.2 Å². The van der Waals surface area contributed by atoms with Crippen LogP contribution in [0, 0.1) is 6.92 Å². The lowest BCUT2D eigenvalue weighted by Gasteiger charge is -2.10. The fourth-order valence-corrected chi connectivity index (χ4v) is 2.59. The van der Waals surface area contributed by atoms with E-state index in [1.165, 1.54) is 16.5 Å². The van der Waals surface area contributed by atoms with Crippen molar-refractivity contribution in [2.24, 2.45) is 0 Å². The van der Waals surface area contributed by atoms with Crippen molar-refractivity contribution in [3.8, 4) is 0 Å². The Labute approximate surface area is 104 Å². The third-order valence-electron chi connectivity index (χ3n) is 2.71. The predicted octanol–water partition coefficient (Wildman–Crippen LogP) is 3.91. The van der Waals surface area contributed by atoms with Gasteiger partial charge >= 0.3 is 0 Å². The van der Waals surface area contributed by atoms with Gasteiger partial charge in [-0.3, -0.25) is 0 Å². The topological polar surface area (TPSA) is 24.9 Å². The third-order valence-corrected chi connectivity index (χ3v) is 3.32. The van der Waals surface area contributed by atoms with Crippen molar-refractivity contribution in [1.29, 1.82) is 0 Å². The highest BCUT2D eigenvalue weighted by molar-refractivity contribution is 9.10. The van der Waals surface area contributed by atoms with Crippen molar-refractivity contribution in [2.75, 3.05) is 12.4 Å². The first-order valence-electron chi connectivity index (χ1n) is 5.43. The summed E-state index contributed by atoms with van der Waals surface area (Å²) in [6.07, 6.45) is 0.991. The Morgan fingerprint density at radius 2 is 2.06 bits per heavy atom. The van der Waals surface area contributed by atoms with Crippen LogP contribution in [0.3, 0.4) is 0 Å². The average Bonchev–Trinajstić information content (AvgIpc) is 2.27. The Kier molecular flexibility index (Phi) is 3.15. The van der Waals surface area contributed by atoms with Crippen LogP contribution in [0.1, 0.15) is 18.1 Å². The summed E-state index contributed by atoms with van der Waals surface area (Å²) in [5.74, 6) is 0.972. The summed E-state index contributed by atoms with van der Waals surface area (Å²) in [6.45, 7) is 4.25. The molecule has 0 unspecified atom stereocenters. The first-order valence-corrected chi connectivity index (χ1v) is 6.22. The Balaban J connectivity index is 2.78. The van der Waals surface area contributed by atoms with Gasteiger partial charge in [-0.25, -0.2) is 4.98 Å². The predicted molar refractivity (Wildman–Crippen MR) is 73.1 cm³/mol. The van der Waals surface area contributed by atoms with E-state index in [2.05, 4.69) is 58.3 Å². The van der Waals surface area contributed by atoms with Crippen LogP contribution in [-0.4, -0.2) is 12.0 Å². The van der Waals surface area contributed by atoms with Gasteiger partial charge in [0.1, 0.15) is 5.82 Å². The second-order valence-electron chi connectivity index (χ2n) is 3.92. The summed E-state index contributed by atoms with van der Waals surface area (Å²) in [4.78, 5) is 4.65. The molecule has 16 heavy (non-hydrogen) atoms. The van der Waals surface area contributed by atoms with Crippen LogP contribution in [0.5, 0.6) is 0 Å². The van der Waals surface area contributed by atoms with Crippen LogP contribution in [0.4, 0.5) is 5.82 Å². The zero-order chi connectivity index (χ0) is 11.7. The van der Waals surface area contributed by atoms with Gasteiger partial charge in [0, 0.05) is 16.9 Å². The van der Waals surface area contributed by atoms with Crippen molar-refractivity contribution in [3.63, 3.8) is 0 Å². The standard InChI is InChI=1S/C13H15BrN2/c1-4-9-7-10-5-8(2)6-11(14)12(10)16-13(9)15-3/h5-7H,4H2,1-3H3,(H,15,16). The van der Waals surface area contributed by atoms with Gasteiger partial charge in [0.15, 0.2) is 0 Å². The SMILES string of the molecule is CCc1cc2cc(C)cc(Br)c2nc1NC. The lowest BCUT2D eigenvalue weighted by molar-refractivity contribution is 1.11. The number of pyridine rings is 1. The highest BCUT2D eigenvalue weighted by Gasteiger charge is 2.07. The zero-order valence-electron chi connectivity index (χ0n) is 9.76. The first kappa shape index (κ1) is 11.4. The molecule has 1 heterocycles. The van der Waals surface area contributed by atoms with E-state index in [9.17, 15) is 0 Å². The number of hydrogen-bond acceptors (Lipinski definition) is 2. The number of aryl methyl sites for hydroxylation is 2. The maximum atomic E-state index is 4.65. The van der Waals surface area contributed by atoms with Crippen molar-refractivity contribution in [1.82, 2.24) is 4.98 Å². The van der Waals surface area contributed by atoms with Crippen molar-refractivity contribution in [3.05, 3.63) is 33.8 Å². The van der Waals surface area contributed by atoms with Crippen LogP contribution in [-0.2, 0) is 6.42 Å². The molecule has 2 rings (SSSR count). The summed E-state index contributed by atoms with van der Waals surface area (Å²) in [5.41, 5.74) is 3.53. The van der Waals surface area contributed by atoms with E-state index < -0.39 is 0 Å². The molecule has 0 saturated carbocycles. The minimum atomic E-state index is 0.972. The van der Waals surface area contributed by atoms with Gasteiger partial charge in [0.2, 0.25) is 0 Å². The maximum Gasteiger partial charge on any atom is 0.129 e. The highest BCUT2D eigenvalue weighted by atomic mass is 79.9. The van der Waals surface area contributed by atoms with E-state index in [0.29, 0.717) is 0 Å². The summed E-state index contributed by atoms with van der Waals surface area (Å²) in [7, 11) is 1.91. The van der Waals surface area contributed by atoms with Crippen molar-refractivity contribution in [2.45, 2.75) is 20.3 Å². The molecular formula is C13H15BrN2. The number of benzene rings is 1. The lowest BCUT2D eigenvalue weighted by Crippen LogP contribution is -1.98. The molecule has 2 aromatic rings. The molecule has 0 atom stereocenters. The summed E-state index contributed by atoms with van der Waals surface area (Å²) >= 11 is 3.57. The molecule has 0 fully saturated rings. The first-order chi connectivity index (χ1) is 7.65. The molecule has 1 aromatic heterocycles. The lowest BCUT2D eigenvalue weighted by atomic mass is 10.1. The third kappa shape index (κ3) is 1.92. The number of halogens is 1. The van der Waals surface area contributed by atoms with E-state index in [4.69, 9.17) is 0 Å². The van der Waals surface area contributed by atoms with Crippen LogP contribution >= 0.6 is 15.9 Å². The summed E-state index contributed by atoms with van der Waals surface area (Å²) < 4.78 is 1.06. The van der Waals surface area contributed by atoms with Crippen molar-refractivity contribution < 1.29 is 0 Å². The van der Waals surface area contributed by atoms with Gasteiger partial charge in [0.05, 0.1) is 5.52 Å². The highest BCUT2D eigenvalue weighted by Crippen LogP contribution is 2.27. The van der Waals surface area contributed by atoms with Crippen LogP contribution in [0.2, 0.25) is 0 Å². The van der Waals surface area contributed by atoms with Gasteiger partial charge in [-0.1, -0.05) is 6.92 Å². The molecule has 3 heteroatoms. The van der Waals surface area contributed by atoms with Gasteiger partial charge in [0.25, 0.3) is 0 Å². The second kappa shape index (κ2) is 4.42. The van der Waals surface area contributed by atoms with Crippen LogP contribution < -0.4 is 5.32 Å². The molecule has 0 aliphatic heterocycles. The van der Waals surface area contributed by atoms with Crippen molar-refractivity contribution >= 4 is 32.7 Å². The number of aromatic nitrogens is 1. The minimum Gasteiger partial charge on any atom is -0.373 e. The van der Waals surface area contributed by atoms with Gasteiger partial charge < -0.3 is 5.32 Å². The fourth-order valence-electron chi connectivity index (χ4n) is 1.92. The molecular weight excluding hydrogens is 264 g/mol. The van der Waals surface area contributed by atoms with Gasteiger partial charge in [-0.15, -0.1) is 0 Å². The molecule has 0 saturated heterocycles. The van der Waals surface area contributed by atoms with E-state index in [-0.39, 0.29) is 0 Å². The van der Waals surface area contributed by atoms with Gasteiger partial charge in [-0.2, -0.15) is 0 Å². The number of nitrogens with zero attached hydrogens (tertiary/aromatic N) is 1. The minimum absolute atomic E-state index is 0.972. The largest absolute Gasteiger partial charge is 0.373 e. The van der Waals surface area contributed by atoms with Crippen LogP contribution in [0.15, 0.2) is 22.7 Å². The molecule has 1 aromatic carbocycles. The normalized spacial score (nSPS) is 10.8. The van der Waals surface area contributed by atoms with Crippen LogP contribution in [0.25, 0.3) is 10.9 Å². The Bertz CT molecular complexity index is 535. The fraction of sp³-hybridized carbons (Fsp3) is 0.308. The molecule has 0 aliphatic carbocycles. The number of rotatable bonds is 2. The maximum absolute atomic E-state index is 4.65. The molecule has 1 N–H and O–H groups in total. The Morgan fingerprint density at radius 3 is 2.69 bits per heavy atom. The molecule has 0 bridgehead atoms. The Hall–Kier alpha value is -1.09. The zero-order valence-corrected chi connectivity index (χ0v) is 11.4. The monoisotopic (exact) mass is 278 g/mol.